The second-order valence-electron chi connectivity index (χ2n) is 5.60. The van der Waals surface area contributed by atoms with Gasteiger partial charge in [0.15, 0.2) is 0 Å². The predicted molar refractivity (Wildman–Crippen MR) is 104 cm³/mol. The molecule has 0 unspecified atom stereocenters. The predicted octanol–water partition coefficient (Wildman–Crippen LogP) is 6.19. The van der Waals surface area contributed by atoms with E-state index in [9.17, 15) is 9.59 Å². The van der Waals surface area contributed by atoms with E-state index in [1.54, 1.807) is 6.07 Å². The summed E-state index contributed by atoms with van der Waals surface area (Å²) in [6.45, 7) is 7.85. The second-order valence-corrected chi connectivity index (χ2v) is 6.04. The Labute approximate surface area is 152 Å². The van der Waals surface area contributed by atoms with Gasteiger partial charge in [0.1, 0.15) is 5.78 Å². The highest BCUT2D eigenvalue weighted by atomic mass is 35.5. The lowest BCUT2D eigenvalue weighted by Crippen LogP contribution is -2.09. The summed E-state index contributed by atoms with van der Waals surface area (Å²) >= 11 is 6.10. The Morgan fingerprint density at radius 2 is 1.71 bits per heavy atom. The Morgan fingerprint density at radius 3 is 2.33 bits per heavy atom. The van der Waals surface area contributed by atoms with Crippen molar-refractivity contribution < 1.29 is 9.59 Å². The Hall–Kier alpha value is -1.35. The van der Waals surface area contributed by atoms with E-state index in [2.05, 4.69) is 5.32 Å². The van der Waals surface area contributed by atoms with Crippen molar-refractivity contribution in [3.63, 3.8) is 0 Å². The first kappa shape index (κ1) is 22.6. The summed E-state index contributed by atoms with van der Waals surface area (Å²) in [7, 11) is 0. The van der Waals surface area contributed by atoms with Gasteiger partial charge in [0.05, 0.1) is 0 Å². The summed E-state index contributed by atoms with van der Waals surface area (Å²) in [5.41, 5.74) is 1.88. The molecule has 0 aliphatic carbocycles. The molecule has 1 amide bonds. The van der Waals surface area contributed by atoms with Crippen molar-refractivity contribution in [3.05, 3.63) is 28.8 Å². The number of amides is 1. The van der Waals surface area contributed by atoms with Gasteiger partial charge in [-0.2, -0.15) is 0 Å². The molecule has 1 aromatic rings. The number of anilines is 1. The Balaban J connectivity index is 0.00000254. The van der Waals surface area contributed by atoms with E-state index in [0.717, 1.165) is 43.4 Å². The molecule has 24 heavy (non-hydrogen) atoms. The fraction of sp³-hybridized carbons (Fsp3) is 0.600. The molecule has 0 aliphatic rings. The smallest absolute Gasteiger partial charge is 0.224 e. The number of unbranched alkanes of at least 4 members (excludes halogenated alkanes) is 2. The van der Waals surface area contributed by atoms with Crippen molar-refractivity contribution in [2.75, 3.05) is 5.32 Å². The van der Waals surface area contributed by atoms with Crippen LogP contribution in [0.1, 0.15) is 78.2 Å². The number of hydrogen-bond acceptors (Lipinski definition) is 2. The third kappa shape index (κ3) is 10.4. The zero-order valence-electron chi connectivity index (χ0n) is 15.6. The summed E-state index contributed by atoms with van der Waals surface area (Å²) in [5, 5.41) is 3.48. The number of rotatable bonds is 10. The van der Waals surface area contributed by atoms with E-state index in [-0.39, 0.29) is 5.91 Å². The maximum Gasteiger partial charge on any atom is 0.224 e. The van der Waals surface area contributed by atoms with Gasteiger partial charge in [0.25, 0.3) is 0 Å². The van der Waals surface area contributed by atoms with Gasteiger partial charge in [0, 0.05) is 30.0 Å². The minimum absolute atomic E-state index is 0.0114. The van der Waals surface area contributed by atoms with Crippen LogP contribution in [0.25, 0.3) is 0 Å². The summed E-state index contributed by atoms with van der Waals surface area (Å²) in [4.78, 5) is 22.9. The van der Waals surface area contributed by atoms with Crippen LogP contribution in [0.15, 0.2) is 18.2 Å². The number of carbonyl (C=O) groups excluding carboxylic acids is 2. The fourth-order valence-electron chi connectivity index (χ4n) is 2.35. The topological polar surface area (TPSA) is 46.2 Å². The van der Waals surface area contributed by atoms with Gasteiger partial charge < -0.3 is 5.32 Å². The van der Waals surface area contributed by atoms with Gasteiger partial charge in [-0.15, -0.1) is 0 Å². The molecule has 1 aromatic carbocycles. The van der Waals surface area contributed by atoms with Crippen molar-refractivity contribution in [3.8, 4) is 0 Å². The summed E-state index contributed by atoms with van der Waals surface area (Å²) in [5.74, 6) is 0.359. The van der Waals surface area contributed by atoms with Crippen LogP contribution in [0.5, 0.6) is 0 Å². The van der Waals surface area contributed by atoms with Crippen LogP contribution >= 0.6 is 11.6 Å². The largest absolute Gasteiger partial charge is 0.326 e. The van der Waals surface area contributed by atoms with E-state index >= 15 is 0 Å². The molecule has 0 aromatic heterocycles. The molecule has 0 atom stereocenters. The number of benzene rings is 1. The van der Waals surface area contributed by atoms with Crippen LogP contribution in [-0.2, 0) is 16.0 Å². The van der Waals surface area contributed by atoms with Crippen LogP contribution in [-0.4, -0.2) is 11.7 Å². The molecule has 0 spiro atoms. The van der Waals surface area contributed by atoms with Crippen molar-refractivity contribution in [1.82, 2.24) is 0 Å². The number of carbonyl (C=O) groups is 2. The molecule has 3 nitrogen and oxygen atoms in total. The number of ketones is 1. The minimum Gasteiger partial charge on any atom is -0.326 e. The average Bonchev–Trinajstić information content (AvgIpc) is 2.56. The van der Waals surface area contributed by atoms with Crippen LogP contribution in [0.2, 0.25) is 5.02 Å². The maximum atomic E-state index is 11.4. The zero-order valence-corrected chi connectivity index (χ0v) is 16.3. The lowest BCUT2D eigenvalue weighted by molar-refractivity contribution is -0.119. The maximum absolute atomic E-state index is 11.4. The standard InChI is InChI=1S/C18H26ClNO2.C2H6/c1-3-8-17(21)10-7-5-6-9-14-11-15(19)13-16(12-14)20-18(22)4-2;1-2/h11-13H,3-10H2,1-2H3,(H,20,22);1-2H3. The van der Waals surface area contributed by atoms with Gasteiger partial charge in [-0.25, -0.2) is 0 Å². The molecule has 1 N–H and O–H groups in total. The minimum atomic E-state index is -0.0114. The first-order valence-corrected chi connectivity index (χ1v) is 9.54. The summed E-state index contributed by atoms with van der Waals surface area (Å²) in [6.07, 6.45) is 6.73. The van der Waals surface area contributed by atoms with Gasteiger partial charge in [-0.05, 0) is 49.4 Å². The molecule has 0 radical (unpaired) electrons. The SMILES string of the molecule is CC.CCCC(=O)CCCCCc1cc(Cl)cc(NC(=O)CC)c1. The molecule has 0 bridgehead atoms. The first-order valence-electron chi connectivity index (χ1n) is 9.16. The molecule has 0 heterocycles. The molecule has 136 valence electrons. The molecule has 0 saturated carbocycles. The van der Waals surface area contributed by atoms with E-state index in [1.807, 2.05) is 39.8 Å². The molecule has 4 heteroatoms. The Kier molecular flexibility index (Phi) is 13.2. The molecule has 0 aliphatic heterocycles. The van der Waals surface area contributed by atoms with Gasteiger partial charge in [-0.3, -0.25) is 9.59 Å². The Morgan fingerprint density at radius 1 is 1.00 bits per heavy atom. The lowest BCUT2D eigenvalue weighted by atomic mass is 10.0. The fourth-order valence-corrected chi connectivity index (χ4v) is 2.61. The molecule has 1 rings (SSSR count). The van der Waals surface area contributed by atoms with E-state index in [1.165, 1.54) is 0 Å². The third-order valence-electron chi connectivity index (χ3n) is 3.51. The van der Waals surface area contributed by atoms with Crippen molar-refractivity contribution in [2.24, 2.45) is 0 Å². The number of hydrogen-bond donors (Lipinski definition) is 1. The average molecular weight is 354 g/mol. The Bertz CT molecular complexity index is 500. The molecular weight excluding hydrogens is 322 g/mol. The van der Waals surface area contributed by atoms with Crippen molar-refractivity contribution in [2.45, 2.75) is 79.1 Å². The number of Topliss-reactive ketones (excluding diaryl/α,β-unsaturated/α-hetero) is 1. The highest BCUT2D eigenvalue weighted by Crippen LogP contribution is 2.21. The van der Waals surface area contributed by atoms with E-state index in [4.69, 9.17) is 11.6 Å². The number of nitrogens with one attached hydrogen (secondary N) is 1. The lowest BCUT2D eigenvalue weighted by Gasteiger charge is -2.08. The number of aryl methyl sites for hydroxylation is 1. The van der Waals surface area contributed by atoms with Crippen LogP contribution < -0.4 is 5.32 Å². The van der Waals surface area contributed by atoms with Gasteiger partial charge in [-0.1, -0.05) is 45.7 Å². The number of halogens is 1. The first-order chi connectivity index (χ1) is 11.5. The molecular formula is C20H32ClNO2. The quantitative estimate of drug-likeness (QED) is 0.510. The van der Waals surface area contributed by atoms with E-state index < -0.39 is 0 Å². The van der Waals surface area contributed by atoms with Crippen LogP contribution in [0, 0.1) is 0 Å². The summed E-state index contributed by atoms with van der Waals surface area (Å²) < 4.78 is 0. The second kappa shape index (κ2) is 14.0. The van der Waals surface area contributed by atoms with Crippen LogP contribution in [0.3, 0.4) is 0 Å². The normalized spacial score (nSPS) is 9.88. The molecule has 0 saturated heterocycles. The van der Waals surface area contributed by atoms with Crippen LogP contribution in [0.4, 0.5) is 5.69 Å². The zero-order chi connectivity index (χ0) is 18.4. The third-order valence-corrected chi connectivity index (χ3v) is 3.73. The monoisotopic (exact) mass is 353 g/mol. The van der Waals surface area contributed by atoms with Crippen molar-refractivity contribution in [1.29, 1.82) is 0 Å². The van der Waals surface area contributed by atoms with Gasteiger partial charge in [0.2, 0.25) is 5.91 Å². The van der Waals surface area contributed by atoms with Crippen molar-refractivity contribution >= 4 is 29.0 Å². The summed E-state index contributed by atoms with van der Waals surface area (Å²) in [6, 6.07) is 5.68. The van der Waals surface area contributed by atoms with Gasteiger partial charge >= 0.3 is 0 Å². The molecule has 0 fully saturated rings. The van der Waals surface area contributed by atoms with E-state index in [0.29, 0.717) is 30.1 Å². The highest BCUT2D eigenvalue weighted by molar-refractivity contribution is 6.31. The highest BCUT2D eigenvalue weighted by Gasteiger charge is 2.04.